The van der Waals surface area contributed by atoms with E-state index in [2.05, 4.69) is 242 Å². The average molecular weight is 767 g/mol. The Bertz CT molecular complexity index is 3220. The summed E-state index contributed by atoms with van der Waals surface area (Å²) < 4.78 is 2.47. The second-order valence-electron chi connectivity index (χ2n) is 16.8. The van der Waals surface area contributed by atoms with E-state index in [-0.39, 0.29) is 5.41 Å². The van der Waals surface area contributed by atoms with Crippen molar-refractivity contribution in [1.29, 1.82) is 0 Å². The van der Waals surface area contributed by atoms with Crippen molar-refractivity contribution in [3.63, 3.8) is 0 Å². The van der Waals surface area contributed by atoms with Gasteiger partial charge in [-0.05, 0) is 110 Å². The second-order valence-corrected chi connectivity index (χ2v) is 16.8. The van der Waals surface area contributed by atoms with E-state index in [1.165, 1.54) is 77.4 Å². The monoisotopic (exact) mass is 766 g/mol. The minimum atomic E-state index is -0.463. The number of anilines is 3. The van der Waals surface area contributed by atoms with Crippen molar-refractivity contribution >= 4 is 38.9 Å². The molecule has 1 heterocycles. The third-order valence-corrected chi connectivity index (χ3v) is 13.4. The Balaban J connectivity index is 1.13. The number of hydrogen-bond donors (Lipinski definition) is 0. The summed E-state index contributed by atoms with van der Waals surface area (Å²) in [5.74, 6) is 0. The van der Waals surface area contributed by atoms with Gasteiger partial charge < -0.3 is 9.47 Å². The van der Waals surface area contributed by atoms with Gasteiger partial charge in [-0.25, -0.2) is 0 Å². The molecule has 0 unspecified atom stereocenters. The molecule has 2 aliphatic carbocycles. The molecule has 0 spiro atoms. The van der Waals surface area contributed by atoms with Gasteiger partial charge in [0.05, 0.1) is 22.1 Å². The first-order valence-corrected chi connectivity index (χ1v) is 21.0. The summed E-state index contributed by atoms with van der Waals surface area (Å²) in [5.41, 5.74) is 19.4. The molecule has 284 valence electrons. The highest BCUT2D eigenvalue weighted by atomic mass is 15.1. The molecular formula is C58H42N2. The van der Waals surface area contributed by atoms with Gasteiger partial charge in [0.25, 0.3) is 0 Å². The molecule has 0 radical (unpaired) electrons. The molecule has 0 amide bonds. The van der Waals surface area contributed by atoms with Crippen LogP contribution in [0, 0.1) is 0 Å². The standard InChI is InChI=1S/C58H42N2/c1-57(2)48-28-15-12-27-46(48)47-37-38-53-55(56(47)57)54-51(31-18-32-52(54)60(53)42-23-10-5-11-24-42)59(41-21-8-4-9-22-41)43-35-33-40(34-36-43)58(39-19-6-3-7-20-39)49-29-16-13-25-44(49)45-26-14-17-30-50(45)58/h3-38H,1-2H3. The first-order chi connectivity index (χ1) is 29.6. The van der Waals surface area contributed by atoms with Gasteiger partial charge in [-0.2, -0.15) is 0 Å². The SMILES string of the molecule is CC1(C)c2ccccc2-c2ccc3c(c21)c1c(N(c2ccccc2)c2ccc(C4(c5ccccc5)c5ccccc5-c5ccccc54)cc2)cccc1n3-c1ccccc1. The maximum absolute atomic E-state index is 2.47. The number of rotatable bonds is 6. The largest absolute Gasteiger partial charge is 0.310 e. The molecule has 10 aromatic rings. The highest BCUT2D eigenvalue weighted by molar-refractivity contribution is 6.20. The molecule has 2 heteroatoms. The molecule has 0 atom stereocenters. The Morgan fingerprint density at radius 3 is 1.52 bits per heavy atom. The van der Waals surface area contributed by atoms with Crippen molar-refractivity contribution in [2.75, 3.05) is 4.90 Å². The van der Waals surface area contributed by atoms with Crippen LogP contribution in [0.4, 0.5) is 17.1 Å². The number of para-hydroxylation sites is 2. The van der Waals surface area contributed by atoms with Crippen molar-refractivity contribution in [2.45, 2.75) is 24.7 Å². The van der Waals surface area contributed by atoms with E-state index in [9.17, 15) is 0 Å². The topological polar surface area (TPSA) is 8.17 Å². The van der Waals surface area contributed by atoms with Gasteiger partial charge in [0, 0.05) is 33.2 Å². The number of aromatic nitrogens is 1. The second kappa shape index (κ2) is 13.0. The Kier molecular flexibility index (Phi) is 7.52. The van der Waals surface area contributed by atoms with E-state index < -0.39 is 5.41 Å². The summed E-state index contributed by atoms with van der Waals surface area (Å²) in [6.45, 7) is 4.81. The van der Waals surface area contributed by atoms with Gasteiger partial charge in [0.2, 0.25) is 0 Å². The van der Waals surface area contributed by atoms with Crippen LogP contribution in [-0.4, -0.2) is 4.57 Å². The molecule has 1 aromatic heterocycles. The highest BCUT2D eigenvalue weighted by Crippen LogP contribution is 2.57. The van der Waals surface area contributed by atoms with E-state index in [1.807, 2.05) is 0 Å². The number of benzene rings is 9. The van der Waals surface area contributed by atoms with E-state index in [0.717, 1.165) is 22.7 Å². The maximum Gasteiger partial charge on any atom is 0.0713 e. The van der Waals surface area contributed by atoms with Crippen LogP contribution in [0.15, 0.2) is 218 Å². The summed E-state index contributed by atoms with van der Waals surface area (Å²) in [6, 6.07) is 80.7. The zero-order valence-corrected chi connectivity index (χ0v) is 33.7. The smallest absolute Gasteiger partial charge is 0.0713 e. The molecular weight excluding hydrogens is 725 g/mol. The molecule has 2 aliphatic rings. The third-order valence-electron chi connectivity index (χ3n) is 13.4. The van der Waals surface area contributed by atoms with Crippen LogP contribution >= 0.6 is 0 Å². The van der Waals surface area contributed by atoms with Crippen molar-refractivity contribution in [2.24, 2.45) is 0 Å². The lowest BCUT2D eigenvalue weighted by atomic mass is 9.68. The van der Waals surface area contributed by atoms with Gasteiger partial charge in [0.1, 0.15) is 0 Å². The Labute approximate surface area is 351 Å². The van der Waals surface area contributed by atoms with E-state index >= 15 is 0 Å². The Hall–Kier alpha value is -7.42. The van der Waals surface area contributed by atoms with E-state index in [0.29, 0.717) is 0 Å². The minimum Gasteiger partial charge on any atom is -0.310 e. The molecule has 0 fully saturated rings. The molecule has 2 nitrogen and oxygen atoms in total. The molecule has 0 N–H and O–H groups in total. The summed E-state index contributed by atoms with van der Waals surface area (Å²) in [6.07, 6.45) is 0. The van der Waals surface area contributed by atoms with Crippen molar-refractivity contribution < 1.29 is 0 Å². The fourth-order valence-corrected chi connectivity index (χ4v) is 11.0. The minimum absolute atomic E-state index is 0.201. The van der Waals surface area contributed by atoms with Crippen LogP contribution in [0.5, 0.6) is 0 Å². The Morgan fingerprint density at radius 1 is 0.367 bits per heavy atom. The van der Waals surface area contributed by atoms with Crippen LogP contribution in [0.2, 0.25) is 0 Å². The zero-order valence-electron chi connectivity index (χ0n) is 33.7. The van der Waals surface area contributed by atoms with Crippen molar-refractivity contribution in [1.82, 2.24) is 4.57 Å². The number of fused-ring (bicyclic) bond motifs is 10. The molecule has 12 rings (SSSR count). The van der Waals surface area contributed by atoms with Gasteiger partial charge in [-0.1, -0.05) is 178 Å². The fraction of sp³-hybridized carbons (Fsp3) is 0.0690. The molecule has 0 saturated heterocycles. The molecule has 0 aliphatic heterocycles. The first-order valence-electron chi connectivity index (χ1n) is 21.0. The van der Waals surface area contributed by atoms with Crippen LogP contribution in [0.25, 0.3) is 49.7 Å². The van der Waals surface area contributed by atoms with E-state index in [1.54, 1.807) is 0 Å². The summed E-state index contributed by atoms with van der Waals surface area (Å²) in [7, 11) is 0. The average Bonchev–Trinajstić information content (AvgIpc) is 3.89. The van der Waals surface area contributed by atoms with Crippen LogP contribution in [0.3, 0.4) is 0 Å². The van der Waals surface area contributed by atoms with Crippen LogP contribution in [0.1, 0.15) is 47.2 Å². The lowest BCUT2D eigenvalue weighted by molar-refractivity contribution is 0.666. The van der Waals surface area contributed by atoms with Gasteiger partial charge in [-0.3, -0.25) is 0 Å². The predicted molar refractivity (Wildman–Crippen MR) is 250 cm³/mol. The number of hydrogen-bond acceptors (Lipinski definition) is 1. The highest BCUT2D eigenvalue weighted by Gasteiger charge is 2.46. The van der Waals surface area contributed by atoms with E-state index in [4.69, 9.17) is 0 Å². The summed E-state index contributed by atoms with van der Waals surface area (Å²) in [4.78, 5) is 2.47. The zero-order chi connectivity index (χ0) is 40.0. The summed E-state index contributed by atoms with van der Waals surface area (Å²) in [5, 5.41) is 2.56. The normalized spacial score (nSPS) is 14.1. The molecule has 60 heavy (non-hydrogen) atoms. The number of nitrogens with zero attached hydrogens (tertiary/aromatic N) is 2. The lowest BCUT2D eigenvalue weighted by Crippen LogP contribution is -2.28. The van der Waals surface area contributed by atoms with Gasteiger partial charge >= 0.3 is 0 Å². The molecule has 0 saturated carbocycles. The third kappa shape index (κ3) is 4.70. The van der Waals surface area contributed by atoms with Crippen molar-refractivity contribution in [3.8, 4) is 27.9 Å². The maximum atomic E-state index is 2.47. The van der Waals surface area contributed by atoms with Gasteiger partial charge in [0.15, 0.2) is 0 Å². The Morgan fingerprint density at radius 2 is 0.867 bits per heavy atom. The van der Waals surface area contributed by atoms with Gasteiger partial charge in [-0.15, -0.1) is 0 Å². The quantitative estimate of drug-likeness (QED) is 0.164. The van der Waals surface area contributed by atoms with Crippen LogP contribution < -0.4 is 4.90 Å². The molecule has 0 bridgehead atoms. The lowest BCUT2D eigenvalue weighted by Gasteiger charge is -2.34. The fourth-order valence-electron chi connectivity index (χ4n) is 11.0. The summed E-state index contributed by atoms with van der Waals surface area (Å²) >= 11 is 0. The van der Waals surface area contributed by atoms with Crippen molar-refractivity contribution in [3.05, 3.63) is 252 Å². The molecule has 9 aromatic carbocycles. The first kappa shape index (κ1) is 34.6. The predicted octanol–water partition coefficient (Wildman–Crippen LogP) is 14.9. The van der Waals surface area contributed by atoms with Crippen LogP contribution in [-0.2, 0) is 10.8 Å².